The Morgan fingerprint density at radius 1 is 0.750 bits per heavy atom. The topological polar surface area (TPSA) is 3.24 Å². The number of allylic oxidation sites excluding steroid dienone is 6. The molecule has 0 aromatic heterocycles. The maximum Gasteiger partial charge on any atom is 0.0540 e. The highest BCUT2D eigenvalue weighted by molar-refractivity contribution is 5.95. The molecule has 1 nitrogen and oxygen atoms in total. The molecule has 5 rings (SSSR count). The third kappa shape index (κ3) is 4.87. The lowest BCUT2D eigenvalue weighted by molar-refractivity contribution is 1.10. The molecule has 0 saturated heterocycles. The number of anilines is 2. The zero-order chi connectivity index (χ0) is 24.9. The number of para-hydroxylation sites is 1. The predicted octanol–water partition coefficient (Wildman–Crippen LogP) is 9.76. The SMILES string of the molecule is C=C(/C=C\C=C/C)c1ccc2cc1N(/C=C(\C)Cc1cccc(-c3ccccc3)c1)c1ccccc1-2. The summed E-state index contributed by atoms with van der Waals surface area (Å²) in [6.45, 7) is 8.61. The standard InChI is InChI=1S/C35H31N/c1-4-5-7-13-27(3)32-21-20-31-24-35(32)36(34-19-11-10-18-33(31)34)25-26(2)22-28-14-12-17-30(23-28)29-15-8-6-9-16-29/h4-21,23-25H,3,22H2,1-2H3/b5-4-,13-7-,26-25+. The molecule has 0 unspecified atom stereocenters. The lowest BCUT2D eigenvalue weighted by Gasteiger charge is -2.31. The van der Waals surface area contributed by atoms with Gasteiger partial charge in [-0.1, -0.05) is 121 Å². The van der Waals surface area contributed by atoms with Crippen LogP contribution >= 0.6 is 0 Å². The van der Waals surface area contributed by atoms with Crippen molar-refractivity contribution in [2.24, 2.45) is 0 Å². The predicted molar refractivity (Wildman–Crippen MR) is 156 cm³/mol. The van der Waals surface area contributed by atoms with E-state index in [-0.39, 0.29) is 0 Å². The van der Waals surface area contributed by atoms with Gasteiger partial charge in [-0.25, -0.2) is 0 Å². The molecule has 176 valence electrons. The lowest BCUT2D eigenvalue weighted by atomic mass is 9.92. The number of rotatable bonds is 7. The number of benzene rings is 4. The molecule has 0 atom stereocenters. The monoisotopic (exact) mass is 465 g/mol. The molecule has 2 bridgehead atoms. The van der Waals surface area contributed by atoms with E-state index >= 15 is 0 Å². The Morgan fingerprint density at radius 3 is 2.36 bits per heavy atom. The highest BCUT2D eigenvalue weighted by Gasteiger charge is 2.22. The third-order valence-corrected chi connectivity index (χ3v) is 6.55. The Morgan fingerprint density at radius 2 is 1.53 bits per heavy atom. The van der Waals surface area contributed by atoms with Gasteiger partial charge in [0.15, 0.2) is 0 Å². The first-order chi connectivity index (χ1) is 17.6. The molecule has 0 N–H and O–H groups in total. The molecule has 1 heterocycles. The Balaban J connectivity index is 1.50. The van der Waals surface area contributed by atoms with Gasteiger partial charge in [-0.3, -0.25) is 0 Å². The fraction of sp³-hybridized carbons (Fsp3) is 0.0857. The van der Waals surface area contributed by atoms with E-state index in [1.807, 2.05) is 25.2 Å². The second-order valence-electron chi connectivity index (χ2n) is 9.25. The van der Waals surface area contributed by atoms with Gasteiger partial charge in [-0.15, -0.1) is 0 Å². The van der Waals surface area contributed by atoms with Crippen LogP contribution in [0.1, 0.15) is 25.0 Å². The highest BCUT2D eigenvalue weighted by Crippen LogP contribution is 2.45. The van der Waals surface area contributed by atoms with E-state index in [1.54, 1.807) is 0 Å². The van der Waals surface area contributed by atoms with E-state index in [2.05, 4.69) is 128 Å². The third-order valence-electron chi connectivity index (χ3n) is 6.55. The van der Waals surface area contributed by atoms with Crippen LogP contribution in [0.25, 0.3) is 27.8 Å². The van der Waals surface area contributed by atoms with Gasteiger partial charge in [-0.2, -0.15) is 0 Å². The molecule has 0 amide bonds. The second-order valence-corrected chi connectivity index (χ2v) is 9.25. The van der Waals surface area contributed by atoms with E-state index < -0.39 is 0 Å². The van der Waals surface area contributed by atoms with Crippen molar-refractivity contribution in [2.75, 3.05) is 4.90 Å². The molecule has 0 aliphatic carbocycles. The van der Waals surface area contributed by atoms with Gasteiger partial charge in [0.25, 0.3) is 0 Å². The van der Waals surface area contributed by atoms with Crippen LogP contribution in [0.5, 0.6) is 0 Å². The summed E-state index contributed by atoms with van der Waals surface area (Å²) in [6.07, 6.45) is 11.4. The summed E-state index contributed by atoms with van der Waals surface area (Å²) in [4.78, 5) is 2.34. The fourth-order valence-electron chi connectivity index (χ4n) is 4.82. The van der Waals surface area contributed by atoms with Crippen LogP contribution in [0.3, 0.4) is 0 Å². The van der Waals surface area contributed by atoms with Crippen molar-refractivity contribution in [2.45, 2.75) is 20.3 Å². The van der Waals surface area contributed by atoms with Crippen LogP contribution < -0.4 is 4.90 Å². The van der Waals surface area contributed by atoms with Crippen LogP contribution in [-0.2, 0) is 6.42 Å². The maximum atomic E-state index is 4.37. The van der Waals surface area contributed by atoms with Crippen LogP contribution in [0.2, 0.25) is 0 Å². The molecule has 4 aromatic carbocycles. The molecule has 36 heavy (non-hydrogen) atoms. The van der Waals surface area contributed by atoms with Crippen molar-refractivity contribution >= 4 is 16.9 Å². The quantitative estimate of drug-likeness (QED) is 0.245. The molecule has 1 aliphatic heterocycles. The average molecular weight is 466 g/mol. The van der Waals surface area contributed by atoms with Crippen LogP contribution in [-0.4, -0.2) is 0 Å². The van der Waals surface area contributed by atoms with Gasteiger partial charge in [0.2, 0.25) is 0 Å². The van der Waals surface area contributed by atoms with Crippen molar-refractivity contribution in [1.29, 1.82) is 0 Å². The van der Waals surface area contributed by atoms with Gasteiger partial charge in [-0.05, 0) is 60.2 Å². The van der Waals surface area contributed by atoms with E-state index in [1.165, 1.54) is 44.8 Å². The molecular formula is C35H31N. The van der Waals surface area contributed by atoms with Gasteiger partial charge in [0, 0.05) is 17.3 Å². The summed E-state index contributed by atoms with van der Waals surface area (Å²) in [5.41, 5.74) is 12.1. The van der Waals surface area contributed by atoms with E-state index in [0.29, 0.717) is 0 Å². The Kier molecular flexibility index (Phi) is 6.82. The number of hydrogen-bond donors (Lipinski definition) is 0. The van der Waals surface area contributed by atoms with Crippen LogP contribution in [0, 0.1) is 0 Å². The van der Waals surface area contributed by atoms with Crippen LogP contribution in [0.4, 0.5) is 11.4 Å². The number of fused-ring (bicyclic) bond motifs is 4. The van der Waals surface area contributed by atoms with Gasteiger partial charge in [0.1, 0.15) is 0 Å². The van der Waals surface area contributed by atoms with Crippen molar-refractivity contribution in [1.82, 2.24) is 0 Å². The minimum Gasteiger partial charge on any atom is -0.316 e. The zero-order valence-electron chi connectivity index (χ0n) is 21.0. The minimum atomic E-state index is 0.885. The van der Waals surface area contributed by atoms with Gasteiger partial charge < -0.3 is 4.90 Å². The molecule has 0 spiro atoms. The van der Waals surface area contributed by atoms with E-state index in [4.69, 9.17) is 0 Å². The van der Waals surface area contributed by atoms with Crippen molar-refractivity contribution in [3.63, 3.8) is 0 Å². The first kappa shape index (κ1) is 23.4. The summed E-state index contributed by atoms with van der Waals surface area (Å²) < 4.78 is 0. The van der Waals surface area contributed by atoms with Crippen molar-refractivity contribution in [3.8, 4) is 22.3 Å². The van der Waals surface area contributed by atoms with Gasteiger partial charge in [0.05, 0.1) is 11.4 Å². The molecule has 0 saturated carbocycles. The fourth-order valence-corrected chi connectivity index (χ4v) is 4.82. The first-order valence-electron chi connectivity index (χ1n) is 12.5. The second kappa shape index (κ2) is 10.5. The Bertz CT molecular complexity index is 1480. The molecule has 0 radical (unpaired) electrons. The molecular weight excluding hydrogens is 434 g/mol. The summed E-state index contributed by atoms with van der Waals surface area (Å²) in [6, 6.07) is 34.8. The van der Waals surface area contributed by atoms with Crippen molar-refractivity contribution < 1.29 is 0 Å². The number of nitrogens with zero attached hydrogens (tertiary/aromatic N) is 1. The Labute approximate surface area is 215 Å². The molecule has 0 fully saturated rings. The normalized spacial score (nSPS) is 12.8. The van der Waals surface area contributed by atoms with Crippen molar-refractivity contribution in [3.05, 3.63) is 151 Å². The maximum absolute atomic E-state index is 4.37. The summed E-state index contributed by atoms with van der Waals surface area (Å²) in [5, 5.41) is 0. The smallest absolute Gasteiger partial charge is 0.0540 e. The largest absolute Gasteiger partial charge is 0.316 e. The molecule has 4 aromatic rings. The first-order valence-corrected chi connectivity index (χ1v) is 12.5. The lowest BCUT2D eigenvalue weighted by Crippen LogP contribution is -2.16. The summed E-state index contributed by atoms with van der Waals surface area (Å²) >= 11 is 0. The number of hydrogen-bond acceptors (Lipinski definition) is 1. The molecule has 1 heteroatoms. The summed E-state index contributed by atoms with van der Waals surface area (Å²) in [5.74, 6) is 0. The highest BCUT2D eigenvalue weighted by atomic mass is 15.1. The van der Waals surface area contributed by atoms with E-state index in [9.17, 15) is 0 Å². The Hall–Kier alpha value is -4.36. The zero-order valence-corrected chi connectivity index (χ0v) is 21.0. The van der Waals surface area contributed by atoms with Gasteiger partial charge >= 0.3 is 0 Å². The minimum absolute atomic E-state index is 0.885. The van der Waals surface area contributed by atoms with E-state index in [0.717, 1.165) is 17.6 Å². The van der Waals surface area contributed by atoms with Crippen LogP contribution in [0.15, 0.2) is 140 Å². The molecule has 1 aliphatic rings. The summed E-state index contributed by atoms with van der Waals surface area (Å²) in [7, 11) is 0. The average Bonchev–Trinajstić information content (AvgIpc) is 2.92.